The molecule has 0 aliphatic carbocycles. The number of carbonyl (C=O) groups is 5. The number of hydrogen-bond acceptors (Lipinski definition) is 8. The number of carbonyl (C=O) groups excluding carboxylic acids is 5. The Hall–Kier alpha value is -3.87. The van der Waals surface area contributed by atoms with E-state index in [4.69, 9.17) is 9.47 Å². The molecule has 13 heteroatoms. The summed E-state index contributed by atoms with van der Waals surface area (Å²) in [6.07, 6.45) is 1.17. The summed E-state index contributed by atoms with van der Waals surface area (Å²) < 4.78 is 10.9. The van der Waals surface area contributed by atoms with Crippen LogP contribution in [0.15, 0.2) is 24.3 Å². The molecule has 0 fully saturated rings. The molecule has 0 aromatic heterocycles. The molecule has 13 nitrogen and oxygen atoms in total. The van der Waals surface area contributed by atoms with Gasteiger partial charge in [-0.1, -0.05) is 26.0 Å². The highest BCUT2D eigenvalue weighted by atomic mass is 16.6. The van der Waals surface area contributed by atoms with Gasteiger partial charge in [-0.3, -0.25) is 24.4 Å². The number of ether oxygens (including phenoxy) is 2. The van der Waals surface area contributed by atoms with E-state index in [-0.39, 0.29) is 25.4 Å². The Bertz CT molecular complexity index is 1090. The topological polar surface area (TPSA) is 184 Å². The van der Waals surface area contributed by atoms with Crippen molar-refractivity contribution < 1.29 is 38.7 Å². The molecule has 0 unspecified atom stereocenters. The predicted octanol–water partition coefficient (Wildman–Crippen LogP) is 1.82. The van der Waals surface area contributed by atoms with Crippen molar-refractivity contribution in [3.63, 3.8) is 0 Å². The monoisotopic (exact) mass is 605 g/mol. The minimum atomic E-state index is -1.03. The summed E-state index contributed by atoms with van der Waals surface area (Å²) in [5.41, 5.74) is 1.84. The fourth-order valence-corrected chi connectivity index (χ4v) is 4.67. The first-order chi connectivity index (χ1) is 20.3. The van der Waals surface area contributed by atoms with Gasteiger partial charge in [-0.2, -0.15) is 0 Å². The van der Waals surface area contributed by atoms with Gasteiger partial charge >= 0.3 is 6.09 Å². The average molecular weight is 606 g/mol. The molecule has 0 saturated carbocycles. The van der Waals surface area contributed by atoms with Crippen molar-refractivity contribution in [1.29, 1.82) is 0 Å². The maximum Gasteiger partial charge on any atom is 0.407 e. The Morgan fingerprint density at radius 2 is 1.72 bits per heavy atom. The predicted molar refractivity (Wildman–Crippen MR) is 158 cm³/mol. The molecule has 0 saturated heterocycles. The normalized spacial score (nSPS) is 19.3. The van der Waals surface area contributed by atoms with Gasteiger partial charge in [-0.05, 0) is 70.1 Å². The SMILES string of the molecule is CC(C)C[C@H]1C(=O)N[C@H](C(=O)NCC(=O)NCCCNC(=O)OC(C)(C)C)Cc2ccc(cc2)OCCC[C@@H]1C(=O)NO. The van der Waals surface area contributed by atoms with Crippen LogP contribution in [0.3, 0.4) is 0 Å². The first-order valence-electron chi connectivity index (χ1n) is 14.8. The third-order valence-electron chi connectivity index (χ3n) is 6.69. The molecular weight excluding hydrogens is 558 g/mol. The van der Waals surface area contributed by atoms with Gasteiger partial charge in [-0.15, -0.1) is 0 Å². The molecule has 1 aromatic carbocycles. The number of nitrogens with one attached hydrogen (secondary N) is 5. The zero-order chi connectivity index (χ0) is 32.0. The Balaban J connectivity index is 2.06. The molecule has 5 amide bonds. The number of benzene rings is 1. The second-order valence-corrected chi connectivity index (χ2v) is 12.1. The summed E-state index contributed by atoms with van der Waals surface area (Å²) in [6.45, 7) is 9.71. The van der Waals surface area contributed by atoms with Crippen LogP contribution in [-0.4, -0.2) is 72.8 Å². The summed E-state index contributed by atoms with van der Waals surface area (Å²) >= 11 is 0. The summed E-state index contributed by atoms with van der Waals surface area (Å²) in [5.74, 6) is -3.10. The van der Waals surface area contributed by atoms with Crippen molar-refractivity contribution in [2.24, 2.45) is 17.8 Å². The molecule has 3 rings (SSSR count). The lowest BCUT2D eigenvalue weighted by molar-refractivity contribution is -0.142. The van der Waals surface area contributed by atoms with Crippen LogP contribution >= 0.6 is 0 Å². The maximum absolute atomic E-state index is 13.6. The first kappa shape index (κ1) is 35.3. The molecule has 2 aliphatic rings. The summed E-state index contributed by atoms with van der Waals surface area (Å²) in [5, 5.41) is 20.1. The van der Waals surface area contributed by atoms with Crippen LogP contribution in [0, 0.1) is 17.8 Å². The van der Waals surface area contributed by atoms with Gasteiger partial charge in [0.2, 0.25) is 23.6 Å². The standard InChI is InChI=1S/C30H47N5O8/c1-19(2)16-23-22(27(38)35-41)8-6-15-42-21-11-9-20(10-12-21)17-24(34-26(23)37)28(39)33-18-25(36)31-13-7-14-32-29(40)43-30(3,4)5/h9-12,19,22-24,41H,6-8,13-18H2,1-5H3,(H,31,36)(H,32,40)(H,33,39)(H,34,37)(H,35,38)/t22-,23+,24-/m0/s1. The van der Waals surface area contributed by atoms with E-state index in [1.807, 2.05) is 13.8 Å². The number of rotatable bonds is 10. The molecule has 43 heavy (non-hydrogen) atoms. The van der Waals surface area contributed by atoms with Crippen molar-refractivity contribution in [2.45, 2.75) is 78.4 Å². The van der Waals surface area contributed by atoms with Crippen molar-refractivity contribution in [3.05, 3.63) is 29.8 Å². The minimum absolute atomic E-state index is 0.0574. The van der Waals surface area contributed by atoms with Gasteiger partial charge in [0, 0.05) is 25.4 Å². The van der Waals surface area contributed by atoms with Crippen molar-refractivity contribution in [2.75, 3.05) is 26.2 Å². The van der Waals surface area contributed by atoms with E-state index < -0.39 is 53.2 Å². The van der Waals surface area contributed by atoms with E-state index in [1.165, 1.54) is 0 Å². The van der Waals surface area contributed by atoms with Crippen LogP contribution in [-0.2, 0) is 30.3 Å². The van der Waals surface area contributed by atoms with Crippen LogP contribution in [0.2, 0.25) is 0 Å². The molecule has 3 atom stereocenters. The summed E-state index contributed by atoms with van der Waals surface area (Å²) in [7, 11) is 0. The van der Waals surface area contributed by atoms with Gasteiger partial charge in [0.25, 0.3) is 0 Å². The lowest BCUT2D eigenvalue weighted by Crippen LogP contribution is -2.53. The Morgan fingerprint density at radius 1 is 1.05 bits per heavy atom. The third-order valence-corrected chi connectivity index (χ3v) is 6.69. The van der Waals surface area contributed by atoms with Gasteiger partial charge in [0.1, 0.15) is 17.4 Å². The smallest absolute Gasteiger partial charge is 0.407 e. The summed E-state index contributed by atoms with van der Waals surface area (Å²) in [6, 6.07) is 6.11. The fraction of sp³-hybridized carbons (Fsp3) is 0.633. The highest BCUT2D eigenvalue weighted by Gasteiger charge is 2.36. The lowest BCUT2D eigenvalue weighted by Gasteiger charge is -2.28. The number of alkyl carbamates (subject to hydrolysis) is 1. The van der Waals surface area contributed by atoms with Crippen molar-refractivity contribution in [1.82, 2.24) is 26.7 Å². The number of fused-ring (bicyclic) bond motifs is 11. The van der Waals surface area contributed by atoms with Crippen LogP contribution < -0.4 is 31.5 Å². The van der Waals surface area contributed by atoms with E-state index >= 15 is 0 Å². The largest absolute Gasteiger partial charge is 0.494 e. The number of hydroxylamine groups is 1. The van der Waals surface area contributed by atoms with E-state index in [1.54, 1.807) is 50.5 Å². The zero-order valence-electron chi connectivity index (χ0n) is 25.8. The van der Waals surface area contributed by atoms with Gasteiger partial charge in [0.15, 0.2) is 0 Å². The lowest BCUT2D eigenvalue weighted by atomic mass is 9.81. The van der Waals surface area contributed by atoms with Crippen LogP contribution in [0.4, 0.5) is 4.79 Å². The second kappa shape index (κ2) is 17.3. The molecule has 2 aliphatic heterocycles. The van der Waals surface area contributed by atoms with E-state index in [2.05, 4.69) is 21.3 Å². The fourth-order valence-electron chi connectivity index (χ4n) is 4.67. The van der Waals surface area contributed by atoms with Gasteiger partial charge in [-0.25, -0.2) is 10.3 Å². The maximum atomic E-state index is 13.6. The molecule has 240 valence electrons. The van der Waals surface area contributed by atoms with E-state index in [0.29, 0.717) is 44.6 Å². The zero-order valence-corrected chi connectivity index (χ0v) is 25.8. The molecule has 2 heterocycles. The van der Waals surface area contributed by atoms with E-state index in [0.717, 1.165) is 5.56 Å². The Morgan fingerprint density at radius 3 is 2.35 bits per heavy atom. The molecule has 1 aromatic rings. The van der Waals surface area contributed by atoms with Crippen LogP contribution in [0.25, 0.3) is 0 Å². The molecule has 0 spiro atoms. The molecule has 6 N–H and O–H groups in total. The second-order valence-electron chi connectivity index (χ2n) is 12.1. The van der Waals surface area contributed by atoms with Crippen molar-refractivity contribution in [3.8, 4) is 5.75 Å². The highest BCUT2D eigenvalue weighted by molar-refractivity contribution is 5.93. The first-order valence-corrected chi connectivity index (χ1v) is 14.8. The van der Waals surface area contributed by atoms with Gasteiger partial charge < -0.3 is 30.7 Å². The van der Waals surface area contributed by atoms with Crippen LogP contribution in [0.1, 0.15) is 65.9 Å². The van der Waals surface area contributed by atoms with Crippen LogP contribution in [0.5, 0.6) is 5.75 Å². The average Bonchev–Trinajstić information content (AvgIpc) is 2.93. The van der Waals surface area contributed by atoms with Gasteiger partial charge in [0.05, 0.1) is 19.1 Å². The third kappa shape index (κ3) is 13.3. The Labute approximate surface area is 253 Å². The summed E-state index contributed by atoms with van der Waals surface area (Å²) in [4.78, 5) is 63.5. The quantitative estimate of drug-likeness (QED) is 0.133. The molecular formula is C30H47N5O8. The Kier molecular flexibility index (Phi) is 14.2. The van der Waals surface area contributed by atoms with Crippen molar-refractivity contribution >= 4 is 29.7 Å². The number of hydrogen-bond donors (Lipinski definition) is 6. The van der Waals surface area contributed by atoms with E-state index in [9.17, 15) is 29.2 Å². The number of amides is 5. The minimum Gasteiger partial charge on any atom is -0.494 e. The molecule has 0 radical (unpaired) electrons. The molecule has 2 bridgehead atoms. The highest BCUT2D eigenvalue weighted by Crippen LogP contribution is 2.27.